The van der Waals surface area contributed by atoms with Gasteiger partial charge in [-0.15, -0.1) is 0 Å². The van der Waals surface area contributed by atoms with E-state index in [1.807, 2.05) is 29.8 Å². The summed E-state index contributed by atoms with van der Waals surface area (Å²) in [5, 5.41) is 7.62. The van der Waals surface area contributed by atoms with E-state index in [1.165, 1.54) is 0 Å². The molecule has 6 rings (SSSR count). The molecule has 0 unspecified atom stereocenters. The minimum absolute atomic E-state index is 0.369. The lowest BCUT2D eigenvalue weighted by Crippen LogP contribution is -1.95. The third kappa shape index (κ3) is 2.71. The maximum atomic E-state index is 15.6. The van der Waals surface area contributed by atoms with Gasteiger partial charge in [-0.2, -0.15) is 5.10 Å². The summed E-state index contributed by atoms with van der Waals surface area (Å²) in [5.74, 6) is 0.713. The number of fused-ring (bicyclic) bond motifs is 2. The molecular weight excluding hydrogens is 395 g/mol. The zero-order chi connectivity index (χ0) is 20.9. The van der Waals surface area contributed by atoms with E-state index in [0.29, 0.717) is 44.9 Å². The number of imidazole rings is 2. The van der Waals surface area contributed by atoms with Gasteiger partial charge in [-0.3, -0.25) is 14.6 Å². The summed E-state index contributed by atoms with van der Waals surface area (Å²) in [4.78, 5) is 20.8. The quantitative estimate of drug-likeness (QED) is 0.455. The van der Waals surface area contributed by atoms with Crippen molar-refractivity contribution in [3.63, 3.8) is 0 Å². The average Bonchev–Trinajstić information content (AvgIpc) is 3.52. The van der Waals surface area contributed by atoms with Crippen molar-refractivity contribution in [1.29, 1.82) is 0 Å². The van der Waals surface area contributed by atoms with E-state index >= 15 is 4.39 Å². The minimum Gasteiger partial charge on any atom is -0.336 e. The van der Waals surface area contributed by atoms with Crippen LogP contribution in [-0.2, 0) is 0 Å². The Morgan fingerprint density at radius 1 is 1.03 bits per heavy atom. The first-order valence-electron chi connectivity index (χ1n) is 9.62. The molecule has 5 aromatic heterocycles. The number of halogens is 1. The van der Waals surface area contributed by atoms with Gasteiger partial charge in [0.2, 0.25) is 0 Å². The van der Waals surface area contributed by atoms with Crippen LogP contribution in [0.2, 0.25) is 0 Å². The molecule has 31 heavy (non-hydrogen) atoms. The highest BCUT2D eigenvalue weighted by molar-refractivity contribution is 5.96. The Kier molecular flexibility index (Phi) is 3.69. The second-order valence-electron chi connectivity index (χ2n) is 7.20. The maximum absolute atomic E-state index is 15.6. The van der Waals surface area contributed by atoms with Crippen LogP contribution in [0.15, 0.2) is 61.4 Å². The zero-order valence-electron chi connectivity index (χ0n) is 16.3. The Hall–Kier alpha value is -4.40. The monoisotopic (exact) mass is 410 g/mol. The van der Waals surface area contributed by atoms with Gasteiger partial charge in [0.05, 0.1) is 22.1 Å². The summed E-state index contributed by atoms with van der Waals surface area (Å²) >= 11 is 0. The molecule has 5 heterocycles. The van der Waals surface area contributed by atoms with Crippen LogP contribution in [0.4, 0.5) is 4.39 Å². The Morgan fingerprint density at radius 3 is 2.77 bits per heavy atom. The van der Waals surface area contributed by atoms with Gasteiger partial charge < -0.3 is 4.98 Å². The highest BCUT2D eigenvalue weighted by Crippen LogP contribution is 2.34. The van der Waals surface area contributed by atoms with E-state index in [-0.39, 0.29) is 5.82 Å². The number of rotatable bonds is 3. The van der Waals surface area contributed by atoms with Gasteiger partial charge in [0.15, 0.2) is 11.6 Å². The number of hydrogen-bond acceptors (Lipinski definition) is 5. The van der Waals surface area contributed by atoms with E-state index in [4.69, 9.17) is 4.98 Å². The molecule has 0 aliphatic carbocycles. The fourth-order valence-corrected chi connectivity index (χ4v) is 3.75. The molecule has 150 valence electrons. The van der Waals surface area contributed by atoms with Crippen LogP contribution in [0.25, 0.3) is 50.4 Å². The molecular formula is C22H15FN8. The van der Waals surface area contributed by atoms with Crippen LogP contribution >= 0.6 is 0 Å². The van der Waals surface area contributed by atoms with Gasteiger partial charge in [0.25, 0.3) is 0 Å². The average molecular weight is 410 g/mol. The molecule has 0 aliphatic rings. The van der Waals surface area contributed by atoms with Crippen molar-refractivity contribution in [2.45, 2.75) is 6.92 Å². The number of H-pyrrole nitrogens is 2. The first kappa shape index (κ1) is 17.5. The van der Waals surface area contributed by atoms with Crippen molar-refractivity contribution in [3.8, 4) is 28.5 Å². The fraction of sp³-hybridized carbons (Fsp3) is 0.0455. The van der Waals surface area contributed by atoms with Crippen LogP contribution < -0.4 is 0 Å². The van der Waals surface area contributed by atoms with Crippen molar-refractivity contribution in [2.75, 3.05) is 0 Å². The predicted octanol–water partition coefficient (Wildman–Crippen LogP) is 4.20. The van der Waals surface area contributed by atoms with Gasteiger partial charge in [-0.1, -0.05) is 6.07 Å². The maximum Gasteiger partial charge on any atom is 0.166 e. The summed E-state index contributed by atoms with van der Waals surface area (Å²) < 4.78 is 17.4. The molecule has 9 heteroatoms. The number of benzene rings is 1. The molecule has 0 fully saturated rings. The molecule has 0 saturated heterocycles. The largest absolute Gasteiger partial charge is 0.336 e. The highest BCUT2D eigenvalue weighted by atomic mass is 19.1. The molecule has 1 aromatic carbocycles. The number of pyridine rings is 2. The number of aryl methyl sites for hydroxylation is 1. The van der Waals surface area contributed by atoms with Crippen LogP contribution in [0.1, 0.15) is 5.69 Å². The Bertz CT molecular complexity index is 1560. The molecule has 0 atom stereocenters. The Labute approximate surface area is 174 Å². The Balaban J connectivity index is 1.56. The normalized spacial score (nSPS) is 11.5. The van der Waals surface area contributed by atoms with Crippen molar-refractivity contribution < 1.29 is 4.39 Å². The zero-order valence-corrected chi connectivity index (χ0v) is 16.3. The van der Waals surface area contributed by atoms with Crippen LogP contribution in [-0.4, -0.2) is 39.7 Å². The van der Waals surface area contributed by atoms with Gasteiger partial charge in [-0.25, -0.2) is 19.3 Å². The predicted molar refractivity (Wildman–Crippen MR) is 114 cm³/mol. The first-order chi connectivity index (χ1) is 15.2. The lowest BCUT2D eigenvalue weighted by atomic mass is 10.0. The summed E-state index contributed by atoms with van der Waals surface area (Å²) in [7, 11) is 0. The third-order valence-electron chi connectivity index (χ3n) is 5.20. The topological polar surface area (TPSA) is 101 Å². The molecule has 2 N–H and O–H groups in total. The molecule has 6 aromatic rings. The molecule has 0 amide bonds. The van der Waals surface area contributed by atoms with Gasteiger partial charge in [-0.05, 0) is 31.2 Å². The standard InChI is InChI=1S/C22H15FN8/c1-12-10-31(11-26-12)22-19-16(6-8-25-22)27-21(28-19)20-17-15(29-30-20)5-4-14(18(17)23)13-3-2-7-24-9-13/h2-11H,1H3,(H,27,28)(H,29,30). The van der Waals surface area contributed by atoms with E-state index in [2.05, 4.69) is 30.1 Å². The minimum atomic E-state index is -0.377. The fourth-order valence-electron chi connectivity index (χ4n) is 3.75. The third-order valence-corrected chi connectivity index (χ3v) is 5.20. The molecule has 0 aliphatic heterocycles. The van der Waals surface area contributed by atoms with Crippen LogP contribution in [0.5, 0.6) is 0 Å². The van der Waals surface area contributed by atoms with Crippen molar-refractivity contribution >= 4 is 21.9 Å². The molecule has 0 spiro atoms. The first-order valence-corrected chi connectivity index (χ1v) is 9.62. The molecule has 0 bridgehead atoms. The number of nitrogens with zero attached hydrogens (tertiary/aromatic N) is 6. The van der Waals surface area contributed by atoms with E-state index in [0.717, 1.165) is 11.2 Å². The summed E-state index contributed by atoms with van der Waals surface area (Å²) in [5.41, 5.74) is 4.43. The lowest BCUT2D eigenvalue weighted by molar-refractivity contribution is 0.643. The summed E-state index contributed by atoms with van der Waals surface area (Å²) in [6.45, 7) is 1.91. The number of nitrogens with one attached hydrogen (secondary N) is 2. The van der Waals surface area contributed by atoms with Crippen molar-refractivity contribution in [1.82, 2.24) is 39.7 Å². The summed E-state index contributed by atoms with van der Waals surface area (Å²) in [6.07, 6.45) is 8.55. The molecule has 8 nitrogen and oxygen atoms in total. The Morgan fingerprint density at radius 2 is 1.97 bits per heavy atom. The molecule has 0 radical (unpaired) electrons. The number of aromatic nitrogens is 8. The highest BCUT2D eigenvalue weighted by Gasteiger charge is 2.20. The van der Waals surface area contributed by atoms with Crippen molar-refractivity contribution in [3.05, 3.63) is 73.0 Å². The van der Waals surface area contributed by atoms with Gasteiger partial charge in [0.1, 0.15) is 23.4 Å². The second-order valence-corrected chi connectivity index (χ2v) is 7.20. The van der Waals surface area contributed by atoms with E-state index in [1.54, 1.807) is 43.1 Å². The lowest BCUT2D eigenvalue weighted by Gasteiger charge is -2.04. The smallest absolute Gasteiger partial charge is 0.166 e. The SMILES string of the molecule is Cc1cn(-c2nccc3[nH]c(-c4n[nH]c5ccc(-c6cccnc6)c(F)c45)nc23)cn1. The van der Waals surface area contributed by atoms with Gasteiger partial charge >= 0.3 is 0 Å². The van der Waals surface area contributed by atoms with Gasteiger partial charge in [0, 0.05) is 35.9 Å². The summed E-state index contributed by atoms with van der Waals surface area (Å²) in [6, 6.07) is 8.95. The molecule has 0 saturated carbocycles. The number of aromatic amines is 2. The van der Waals surface area contributed by atoms with Crippen LogP contribution in [0.3, 0.4) is 0 Å². The van der Waals surface area contributed by atoms with E-state index in [9.17, 15) is 0 Å². The number of hydrogen-bond donors (Lipinski definition) is 2. The van der Waals surface area contributed by atoms with Crippen LogP contribution in [0, 0.1) is 12.7 Å². The van der Waals surface area contributed by atoms with E-state index < -0.39 is 0 Å². The van der Waals surface area contributed by atoms with Crippen molar-refractivity contribution in [2.24, 2.45) is 0 Å². The second kappa shape index (κ2) is 6.56.